The Hall–Kier alpha value is -1.10. The van der Waals surface area contributed by atoms with Crippen molar-refractivity contribution < 1.29 is 0 Å². The Kier molecular flexibility index (Phi) is 4.29. The number of nitrogens with one attached hydrogen (secondary N) is 2. The van der Waals surface area contributed by atoms with Gasteiger partial charge in [-0.15, -0.1) is 10.2 Å². The first-order valence-corrected chi connectivity index (χ1v) is 5.99. The monoisotopic (exact) mass is 225 g/mol. The van der Waals surface area contributed by atoms with Crippen LogP contribution in [0.15, 0.2) is 0 Å². The third-order valence-corrected chi connectivity index (χ3v) is 2.58. The lowest BCUT2D eigenvalue weighted by molar-refractivity contribution is 0.374. The Labute approximate surface area is 97.6 Å². The van der Waals surface area contributed by atoms with Gasteiger partial charge in [-0.05, 0) is 34.2 Å². The normalized spacial score (nSPS) is 11.8. The lowest BCUT2D eigenvalue weighted by Crippen LogP contribution is -2.39. The predicted molar refractivity (Wildman–Crippen MR) is 66.6 cm³/mol. The summed E-state index contributed by atoms with van der Waals surface area (Å²) in [4.78, 5) is 0. The number of hydrogen-bond donors (Lipinski definition) is 2. The van der Waals surface area contributed by atoms with Crippen molar-refractivity contribution in [1.29, 1.82) is 0 Å². The molecule has 92 valence electrons. The summed E-state index contributed by atoms with van der Waals surface area (Å²) in [6.07, 6.45) is 0. The number of anilines is 1. The maximum absolute atomic E-state index is 4.28. The SMILES string of the molecule is CCNc1nnc(C(C)(C)NCC)n1CC. The molecule has 0 amide bonds. The van der Waals surface area contributed by atoms with Crippen LogP contribution < -0.4 is 10.6 Å². The second-order valence-corrected chi connectivity index (χ2v) is 4.28. The van der Waals surface area contributed by atoms with Crippen molar-refractivity contribution in [2.24, 2.45) is 0 Å². The summed E-state index contributed by atoms with van der Waals surface area (Å²) < 4.78 is 2.12. The van der Waals surface area contributed by atoms with Crippen LogP contribution in [0.4, 0.5) is 5.95 Å². The molecule has 0 aliphatic heterocycles. The minimum atomic E-state index is -0.147. The Balaban J connectivity index is 3.04. The maximum atomic E-state index is 4.28. The molecule has 1 heterocycles. The van der Waals surface area contributed by atoms with Gasteiger partial charge < -0.3 is 10.6 Å². The minimum Gasteiger partial charge on any atom is -0.355 e. The first-order valence-electron chi connectivity index (χ1n) is 5.99. The van der Waals surface area contributed by atoms with Gasteiger partial charge in [0, 0.05) is 13.1 Å². The highest BCUT2D eigenvalue weighted by molar-refractivity contribution is 5.27. The third kappa shape index (κ3) is 2.52. The highest BCUT2D eigenvalue weighted by atomic mass is 15.4. The zero-order valence-electron chi connectivity index (χ0n) is 11.0. The zero-order valence-corrected chi connectivity index (χ0v) is 11.0. The van der Waals surface area contributed by atoms with E-state index in [4.69, 9.17) is 0 Å². The van der Waals surface area contributed by atoms with Crippen molar-refractivity contribution in [3.8, 4) is 0 Å². The molecule has 16 heavy (non-hydrogen) atoms. The standard InChI is InChI=1S/C11H23N5/c1-6-12-10-15-14-9(16(10)8-3)11(4,5)13-7-2/h13H,6-8H2,1-5H3,(H,12,15). The molecule has 0 radical (unpaired) electrons. The van der Waals surface area contributed by atoms with Crippen LogP contribution in [0.5, 0.6) is 0 Å². The van der Waals surface area contributed by atoms with Crippen molar-refractivity contribution in [3.05, 3.63) is 5.82 Å². The van der Waals surface area contributed by atoms with E-state index in [-0.39, 0.29) is 5.54 Å². The summed E-state index contributed by atoms with van der Waals surface area (Å²) in [5.74, 6) is 1.83. The second-order valence-electron chi connectivity index (χ2n) is 4.28. The summed E-state index contributed by atoms with van der Waals surface area (Å²) in [7, 11) is 0. The maximum Gasteiger partial charge on any atom is 0.224 e. The predicted octanol–water partition coefficient (Wildman–Crippen LogP) is 1.57. The third-order valence-electron chi connectivity index (χ3n) is 2.58. The molecule has 1 rings (SSSR count). The van der Waals surface area contributed by atoms with E-state index in [0.29, 0.717) is 0 Å². The topological polar surface area (TPSA) is 54.8 Å². The van der Waals surface area contributed by atoms with Gasteiger partial charge in [0.1, 0.15) is 0 Å². The fourth-order valence-corrected chi connectivity index (χ4v) is 1.87. The van der Waals surface area contributed by atoms with Gasteiger partial charge in [0.2, 0.25) is 5.95 Å². The van der Waals surface area contributed by atoms with Crippen LogP contribution in [0.25, 0.3) is 0 Å². The molecule has 1 aromatic rings. The van der Waals surface area contributed by atoms with Crippen molar-refractivity contribution in [2.45, 2.75) is 46.7 Å². The molecule has 0 fully saturated rings. The van der Waals surface area contributed by atoms with Gasteiger partial charge >= 0.3 is 0 Å². The van der Waals surface area contributed by atoms with Crippen LogP contribution in [0.1, 0.15) is 40.4 Å². The quantitative estimate of drug-likeness (QED) is 0.771. The Morgan fingerprint density at radius 1 is 1.12 bits per heavy atom. The zero-order chi connectivity index (χ0) is 12.2. The van der Waals surface area contributed by atoms with Crippen molar-refractivity contribution in [2.75, 3.05) is 18.4 Å². The average molecular weight is 225 g/mol. The number of nitrogens with zero attached hydrogens (tertiary/aromatic N) is 3. The molecule has 0 bridgehead atoms. The average Bonchev–Trinajstić information content (AvgIpc) is 2.62. The van der Waals surface area contributed by atoms with E-state index in [1.54, 1.807) is 0 Å². The van der Waals surface area contributed by atoms with E-state index < -0.39 is 0 Å². The molecular formula is C11H23N5. The van der Waals surface area contributed by atoms with Crippen LogP contribution in [0.3, 0.4) is 0 Å². The smallest absolute Gasteiger partial charge is 0.224 e. The molecule has 0 spiro atoms. The molecule has 5 heteroatoms. The van der Waals surface area contributed by atoms with Gasteiger partial charge in [0.15, 0.2) is 5.82 Å². The minimum absolute atomic E-state index is 0.147. The molecule has 0 saturated carbocycles. The molecule has 0 saturated heterocycles. The molecule has 0 atom stereocenters. The van der Waals surface area contributed by atoms with Crippen molar-refractivity contribution in [1.82, 2.24) is 20.1 Å². The van der Waals surface area contributed by atoms with Crippen LogP contribution >= 0.6 is 0 Å². The number of aromatic nitrogens is 3. The lowest BCUT2D eigenvalue weighted by atomic mass is 10.0. The van der Waals surface area contributed by atoms with Crippen molar-refractivity contribution in [3.63, 3.8) is 0 Å². The van der Waals surface area contributed by atoms with Gasteiger partial charge in [-0.25, -0.2) is 0 Å². The van der Waals surface area contributed by atoms with E-state index in [1.165, 1.54) is 0 Å². The number of hydrogen-bond acceptors (Lipinski definition) is 4. The summed E-state index contributed by atoms with van der Waals surface area (Å²) in [5.41, 5.74) is -0.147. The molecule has 0 aliphatic rings. The summed E-state index contributed by atoms with van der Waals surface area (Å²) in [6, 6.07) is 0. The fraction of sp³-hybridized carbons (Fsp3) is 0.818. The van der Waals surface area contributed by atoms with Gasteiger partial charge in [0.25, 0.3) is 0 Å². The van der Waals surface area contributed by atoms with E-state index >= 15 is 0 Å². The highest BCUT2D eigenvalue weighted by Gasteiger charge is 2.26. The highest BCUT2D eigenvalue weighted by Crippen LogP contribution is 2.20. The summed E-state index contributed by atoms with van der Waals surface area (Å²) in [6.45, 7) is 13.2. The van der Waals surface area contributed by atoms with E-state index in [2.05, 4.69) is 60.0 Å². The Morgan fingerprint density at radius 2 is 1.81 bits per heavy atom. The van der Waals surface area contributed by atoms with Crippen LogP contribution in [-0.4, -0.2) is 27.9 Å². The molecule has 2 N–H and O–H groups in total. The van der Waals surface area contributed by atoms with Gasteiger partial charge in [-0.3, -0.25) is 4.57 Å². The molecule has 1 aromatic heterocycles. The Morgan fingerprint density at radius 3 is 2.31 bits per heavy atom. The van der Waals surface area contributed by atoms with Gasteiger partial charge in [-0.1, -0.05) is 6.92 Å². The summed E-state index contributed by atoms with van der Waals surface area (Å²) in [5, 5.41) is 15.1. The first-order chi connectivity index (χ1) is 7.56. The lowest BCUT2D eigenvalue weighted by Gasteiger charge is -2.25. The second kappa shape index (κ2) is 5.30. The van der Waals surface area contributed by atoms with E-state index in [0.717, 1.165) is 31.4 Å². The molecule has 5 nitrogen and oxygen atoms in total. The van der Waals surface area contributed by atoms with Gasteiger partial charge in [0.05, 0.1) is 5.54 Å². The van der Waals surface area contributed by atoms with Gasteiger partial charge in [-0.2, -0.15) is 0 Å². The van der Waals surface area contributed by atoms with Crippen LogP contribution in [0.2, 0.25) is 0 Å². The van der Waals surface area contributed by atoms with E-state index in [9.17, 15) is 0 Å². The summed E-state index contributed by atoms with van der Waals surface area (Å²) >= 11 is 0. The van der Waals surface area contributed by atoms with Crippen molar-refractivity contribution >= 4 is 5.95 Å². The Bertz CT molecular complexity index is 329. The number of rotatable bonds is 6. The first kappa shape index (κ1) is 13.0. The fourth-order valence-electron chi connectivity index (χ4n) is 1.87. The van der Waals surface area contributed by atoms with Crippen LogP contribution in [0, 0.1) is 0 Å². The largest absolute Gasteiger partial charge is 0.355 e. The molecular weight excluding hydrogens is 202 g/mol. The molecule has 0 aliphatic carbocycles. The molecule has 0 unspecified atom stereocenters. The van der Waals surface area contributed by atoms with Crippen LogP contribution in [-0.2, 0) is 12.1 Å². The molecule has 0 aromatic carbocycles. The van der Waals surface area contributed by atoms with E-state index in [1.807, 2.05) is 0 Å².